The maximum absolute atomic E-state index is 14.0. The number of ether oxygens (including phenoxy) is 3. The van der Waals surface area contributed by atoms with Gasteiger partial charge in [0, 0.05) is 12.1 Å². The highest BCUT2D eigenvalue weighted by Gasteiger charge is 2.49. The summed E-state index contributed by atoms with van der Waals surface area (Å²) in [6, 6.07) is 4.40. The Morgan fingerprint density at radius 2 is 2.00 bits per heavy atom. The maximum Gasteiger partial charge on any atom is 0.246 e. The second kappa shape index (κ2) is 8.98. The number of hydrogen-bond acceptors (Lipinski definition) is 5. The number of nitrogens with zero attached hydrogens (tertiary/aromatic N) is 1. The minimum absolute atomic E-state index is 0.0246. The van der Waals surface area contributed by atoms with Gasteiger partial charge in [0.05, 0.1) is 43.9 Å². The fourth-order valence-corrected chi connectivity index (χ4v) is 5.85. The molecule has 2 saturated heterocycles. The Bertz CT molecular complexity index is 868. The van der Waals surface area contributed by atoms with Gasteiger partial charge in [0.1, 0.15) is 18.2 Å². The molecular weight excluding hydrogens is 415 g/mol. The minimum atomic E-state index is -0.609. The molecular formula is C24H31FN2O5. The number of hydrogen-bond donors (Lipinski definition) is 1. The zero-order valence-corrected chi connectivity index (χ0v) is 18.3. The van der Waals surface area contributed by atoms with Crippen LogP contribution in [0.5, 0.6) is 5.75 Å². The Balaban J connectivity index is 1.42. The summed E-state index contributed by atoms with van der Waals surface area (Å²) in [5.74, 6) is 0.463. The highest BCUT2D eigenvalue weighted by molar-refractivity contribution is 5.80. The second-order valence-electron chi connectivity index (χ2n) is 9.49. The quantitative estimate of drug-likeness (QED) is 0.663. The molecule has 1 aromatic carbocycles. The van der Waals surface area contributed by atoms with E-state index in [4.69, 9.17) is 14.2 Å². The molecule has 6 rings (SSSR count). The maximum atomic E-state index is 14.0. The Kier molecular flexibility index (Phi) is 6.07. The average molecular weight is 447 g/mol. The van der Waals surface area contributed by atoms with Crippen LogP contribution in [0, 0.1) is 5.82 Å². The number of piperidine rings is 1. The molecule has 8 heteroatoms. The fourth-order valence-electron chi connectivity index (χ4n) is 5.85. The lowest BCUT2D eigenvalue weighted by Crippen LogP contribution is -2.72. The van der Waals surface area contributed by atoms with Crippen LogP contribution in [-0.2, 0) is 19.1 Å². The van der Waals surface area contributed by atoms with E-state index in [2.05, 4.69) is 5.32 Å². The van der Waals surface area contributed by atoms with Gasteiger partial charge in [-0.1, -0.05) is 0 Å². The highest BCUT2D eigenvalue weighted by Crippen LogP contribution is 2.40. The van der Waals surface area contributed by atoms with E-state index in [0.29, 0.717) is 25.5 Å². The Labute approximate surface area is 187 Å². The zero-order chi connectivity index (χ0) is 22.1. The summed E-state index contributed by atoms with van der Waals surface area (Å²) in [7, 11) is 0. The molecule has 1 saturated carbocycles. The van der Waals surface area contributed by atoms with Crippen molar-refractivity contribution in [2.24, 2.45) is 0 Å². The van der Waals surface area contributed by atoms with Crippen LogP contribution in [0.4, 0.5) is 4.39 Å². The molecule has 32 heavy (non-hydrogen) atoms. The monoisotopic (exact) mass is 446 g/mol. The Morgan fingerprint density at radius 1 is 1.16 bits per heavy atom. The van der Waals surface area contributed by atoms with Crippen LogP contribution in [0.1, 0.15) is 56.4 Å². The third-order valence-corrected chi connectivity index (χ3v) is 7.49. The SMILES string of the molecule is O=C1COC[C@]2(CCCN3C(=O)CCOc4ccc(F)cc4[C@H]4CC[C@H](CC4)OC[C@@H]32)N1. The van der Waals surface area contributed by atoms with E-state index >= 15 is 0 Å². The number of carbonyl (C=O) groups excluding carboxylic acids is 2. The summed E-state index contributed by atoms with van der Waals surface area (Å²) in [5.41, 5.74) is 0.285. The second-order valence-corrected chi connectivity index (χ2v) is 9.49. The van der Waals surface area contributed by atoms with Crippen molar-refractivity contribution in [3.63, 3.8) is 0 Å². The van der Waals surface area contributed by atoms with Crippen LogP contribution in [-0.4, -0.2) is 67.4 Å². The fraction of sp³-hybridized carbons (Fsp3) is 0.667. The summed E-state index contributed by atoms with van der Waals surface area (Å²) in [5, 5.41) is 3.14. The van der Waals surface area contributed by atoms with Gasteiger partial charge < -0.3 is 24.4 Å². The first kappa shape index (κ1) is 21.6. The van der Waals surface area contributed by atoms with Crippen LogP contribution >= 0.6 is 0 Å². The van der Waals surface area contributed by atoms with E-state index in [1.807, 2.05) is 4.90 Å². The van der Waals surface area contributed by atoms with Crippen molar-refractivity contribution in [1.82, 2.24) is 10.2 Å². The smallest absolute Gasteiger partial charge is 0.246 e. The minimum Gasteiger partial charge on any atom is -0.493 e. The number of amides is 2. The van der Waals surface area contributed by atoms with Crippen molar-refractivity contribution in [2.45, 2.75) is 68.5 Å². The van der Waals surface area contributed by atoms with E-state index in [-0.39, 0.29) is 55.3 Å². The number of benzene rings is 1. The van der Waals surface area contributed by atoms with Gasteiger partial charge in [0.25, 0.3) is 0 Å². The van der Waals surface area contributed by atoms with Gasteiger partial charge in [-0.05, 0) is 62.6 Å². The number of carbonyl (C=O) groups is 2. The van der Waals surface area contributed by atoms with Crippen LogP contribution in [0.2, 0.25) is 0 Å². The van der Waals surface area contributed by atoms with Crippen LogP contribution < -0.4 is 10.1 Å². The lowest BCUT2D eigenvalue weighted by Gasteiger charge is -2.51. The highest BCUT2D eigenvalue weighted by atomic mass is 19.1. The summed E-state index contributed by atoms with van der Waals surface area (Å²) >= 11 is 0. The van der Waals surface area contributed by atoms with Gasteiger partial charge in [-0.3, -0.25) is 9.59 Å². The molecule has 7 nitrogen and oxygen atoms in total. The molecule has 5 aliphatic rings. The first-order valence-electron chi connectivity index (χ1n) is 11.8. The molecule has 0 unspecified atom stereocenters. The molecule has 1 aromatic rings. The van der Waals surface area contributed by atoms with Gasteiger partial charge >= 0.3 is 0 Å². The van der Waals surface area contributed by atoms with Gasteiger partial charge in [0.15, 0.2) is 0 Å². The summed E-state index contributed by atoms with van der Waals surface area (Å²) in [6.45, 7) is 1.67. The zero-order valence-electron chi connectivity index (χ0n) is 18.3. The lowest BCUT2D eigenvalue weighted by atomic mass is 9.80. The number of rotatable bonds is 0. The third kappa shape index (κ3) is 4.22. The molecule has 4 aliphatic heterocycles. The molecule has 1 spiro atoms. The van der Waals surface area contributed by atoms with Crippen molar-refractivity contribution in [1.29, 1.82) is 0 Å². The van der Waals surface area contributed by atoms with Gasteiger partial charge in [-0.15, -0.1) is 0 Å². The van der Waals surface area contributed by atoms with E-state index in [0.717, 1.165) is 44.1 Å². The van der Waals surface area contributed by atoms with Crippen LogP contribution in [0.15, 0.2) is 18.2 Å². The van der Waals surface area contributed by atoms with Crippen molar-refractivity contribution in [2.75, 3.05) is 33.0 Å². The Morgan fingerprint density at radius 3 is 2.81 bits per heavy atom. The number of halogens is 1. The standard InChI is InChI=1S/C24H31FN2O5/c25-17-4-7-20-19(12-17)16-2-5-18(6-3-16)32-13-21-24(15-30-14-22(28)26-24)9-1-10-27(21)23(29)8-11-31-20/h4,7,12,16,18,21H,1-3,5-6,8-11,13-15H2,(H,26,28)/t16-,18+,21-,24+/m1/s1. The van der Waals surface area contributed by atoms with Crippen LogP contribution in [0.25, 0.3) is 0 Å². The van der Waals surface area contributed by atoms with Crippen LogP contribution in [0.3, 0.4) is 0 Å². The van der Waals surface area contributed by atoms with Gasteiger partial charge in [-0.2, -0.15) is 0 Å². The van der Waals surface area contributed by atoms with E-state index in [1.54, 1.807) is 12.1 Å². The number of fused-ring (bicyclic) bond motifs is 6. The molecule has 2 bridgehead atoms. The topological polar surface area (TPSA) is 77.1 Å². The van der Waals surface area contributed by atoms with Crippen molar-refractivity contribution < 1.29 is 28.2 Å². The normalized spacial score (nSPS) is 33.7. The first-order valence-corrected chi connectivity index (χ1v) is 11.8. The molecule has 174 valence electrons. The van der Waals surface area contributed by atoms with Crippen molar-refractivity contribution in [3.05, 3.63) is 29.6 Å². The molecule has 1 N–H and O–H groups in total. The largest absolute Gasteiger partial charge is 0.493 e. The predicted octanol–water partition coefficient (Wildman–Crippen LogP) is 2.53. The predicted molar refractivity (Wildman–Crippen MR) is 114 cm³/mol. The summed E-state index contributed by atoms with van der Waals surface area (Å²) < 4.78 is 31.9. The molecule has 0 aromatic heterocycles. The third-order valence-electron chi connectivity index (χ3n) is 7.49. The van der Waals surface area contributed by atoms with Crippen molar-refractivity contribution in [3.8, 4) is 5.75 Å². The molecule has 2 amide bonds. The Hall–Kier alpha value is -2.19. The van der Waals surface area contributed by atoms with Gasteiger partial charge in [-0.25, -0.2) is 4.39 Å². The summed E-state index contributed by atoms with van der Waals surface area (Å²) in [6.07, 6.45) is 5.41. The van der Waals surface area contributed by atoms with E-state index < -0.39 is 5.54 Å². The molecule has 1 aliphatic carbocycles. The molecule has 2 atom stereocenters. The number of nitrogens with one attached hydrogen (secondary N) is 1. The van der Waals surface area contributed by atoms with Gasteiger partial charge in [0.2, 0.25) is 11.8 Å². The molecule has 4 heterocycles. The summed E-state index contributed by atoms with van der Waals surface area (Å²) in [4.78, 5) is 27.3. The van der Waals surface area contributed by atoms with E-state index in [9.17, 15) is 14.0 Å². The van der Waals surface area contributed by atoms with E-state index in [1.165, 1.54) is 6.07 Å². The average Bonchev–Trinajstić information content (AvgIpc) is 2.79. The number of morpholine rings is 1. The van der Waals surface area contributed by atoms with Crippen molar-refractivity contribution >= 4 is 11.8 Å². The molecule has 3 fully saturated rings. The lowest BCUT2D eigenvalue weighted by molar-refractivity contribution is -0.155. The molecule has 0 radical (unpaired) electrons. The first-order chi connectivity index (χ1) is 15.5.